The van der Waals surface area contributed by atoms with E-state index in [4.69, 9.17) is 9.47 Å². The van der Waals surface area contributed by atoms with Crippen LogP contribution in [0.15, 0.2) is 48.5 Å². The molecule has 178 valence electrons. The Bertz CT molecular complexity index is 1010. The van der Waals surface area contributed by atoms with Gasteiger partial charge in [0.15, 0.2) is 5.78 Å². The lowest BCUT2D eigenvalue weighted by molar-refractivity contribution is -0.153. The van der Waals surface area contributed by atoms with E-state index < -0.39 is 22.9 Å². The summed E-state index contributed by atoms with van der Waals surface area (Å²) in [5.74, 6) is -2.44. The van der Waals surface area contributed by atoms with Crippen molar-refractivity contribution >= 4 is 17.7 Å². The topological polar surface area (TPSA) is 89.9 Å². The number of hydrogen-bond acceptors (Lipinski definition) is 5. The van der Waals surface area contributed by atoms with Gasteiger partial charge in [-0.25, -0.2) is 0 Å². The van der Waals surface area contributed by atoms with Crippen molar-refractivity contribution in [3.05, 3.63) is 70.8 Å². The van der Waals surface area contributed by atoms with Crippen molar-refractivity contribution in [1.29, 1.82) is 0 Å². The molecule has 0 aliphatic rings. The van der Waals surface area contributed by atoms with Gasteiger partial charge in [0.25, 0.3) is 0 Å². The number of ketones is 1. The summed E-state index contributed by atoms with van der Waals surface area (Å²) in [4.78, 5) is 37.5. The molecule has 0 amide bonds. The Morgan fingerprint density at radius 1 is 0.909 bits per heavy atom. The highest BCUT2D eigenvalue weighted by molar-refractivity contribution is 6.09. The summed E-state index contributed by atoms with van der Waals surface area (Å²) >= 11 is 0. The van der Waals surface area contributed by atoms with Gasteiger partial charge in [-0.15, -0.1) is 0 Å². The summed E-state index contributed by atoms with van der Waals surface area (Å²) in [6, 6.07) is 13.8. The number of hydrogen-bond donors (Lipinski definition) is 1. The number of aliphatic carboxylic acids is 1. The van der Waals surface area contributed by atoms with E-state index in [1.807, 2.05) is 26.8 Å². The Labute approximate surface area is 195 Å². The van der Waals surface area contributed by atoms with Gasteiger partial charge in [0, 0.05) is 17.7 Å². The van der Waals surface area contributed by atoms with Crippen molar-refractivity contribution in [2.45, 2.75) is 59.5 Å². The molecule has 1 N–H and O–H groups in total. The van der Waals surface area contributed by atoms with Gasteiger partial charge < -0.3 is 14.6 Å². The van der Waals surface area contributed by atoms with Gasteiger partial charge >= 0.3 is 11.9 Å². The quantitative estimate of drug-likeness (QED) is 0.378. The molecule has 1 atom stereocenters. The monoisotopic (exact) mass is 454 g/mol. The lowest BCUT2D eigenvalue weighted by atomic mass is 9.83. The van der Waals surface area contributed by atoms with E-state index in [2.05, 4.69) is 0 Å². The molecule has 1 unspecified atom stereocenters. The average Bonchev–Trinajstić information content (AvgIpc) is 2.73. The van der Waals surface area contributed by atoms with E-state index in [1.54, 1.807) is 63.2 Å². The summed E-state index contributed by atoms with van der Waals surface area (Å²) in [5, 5.41) is 9.86. The third-order valence-electron chi connectivity index (χ3n) is 5.60. The van der Waals surface area contributed by atoms with E-state index in [1.165, 1.54) is 0 Å². The molecule has 6 heteroatoms. The van der Waals surface area contributed by atoms with Gasteiger partial charge in [0.05, 0.1) is 17.6 Å². The molecule has 6 nitrogen and oxygen atoms in total. The molecule has 0 saturated heterocycles. The van der Waals surface area contributed by atoms with Crippen molar-refractivity contribution in [3.63, 3.8) is 0 Å². The lowest BCUT2D eigenvalue weighted by Gasteiger charge is -2.31. The van der Waals surface area contributed by atoms with Crippen molar-refractivity contribution in [2.24, 2.45) is 5.41 Å². The Balaban J connectivity index is 2.35. The predicted molar refractivity (Wildman–Crippen MR) is 127 cm³/mol. The Morgan fingerprint density at radius 2 is 1.52 bits per heavy atom. The van der Waals surface area contributed by atoms with Crippen LogP contribution >= 0.6 is 0 Å². The molecular formula is C27H34O6. The first-order chi connectivity index (χ1) is 15.4. The Kier molecular flexibility index (Phi) is 8.56. The second-order valence-corrected chi connectivity index (χ2v) is 9.24. The summed E-state index contributed by atoms with van der Waals surface area (Å²) in [6.07, 6.45) is 0.427. The maximum atomic E-state index is 13.3. The van der Waals surface area contributed by atoms with Crippen molar-refractivity contribution in [1.82, 2.24) is 0 Å². The molecule has 33 heavy (non-hydrogen) atoms. The molecule has 0 saturated carbocycles. The first kappa shape index (κ1) is 26.3. The zero-order valence-electron chi connectivity index (χ0n) is 20.3. The number of rotatable bonds is 11. The highest BCUT2D eigenvalue weighted by Crippen LogP contribution is 2.32. The molecule has 2 rings (SSSR count). The van der Waals surface area contributed by atoms with Gasteiger partial charge in [-0.3, -0.25) is 14.4 Å². The van der Waals surface area contributed by atoms with Gasteiger partial charge in [-0.1, -0.05) is 36.4 Å². The van der Waals surface area contributed by atoms with Gasteiger partial charge in [0.2, 0.25) is 0 Å². The van der Waals surface area contributed by atoms with Crippen molar-refractivity contribution in [2.75, 3.05) is 13.2 Å². The van der Waals surface area contributed by atoms with E-state index in [0.717, 1.165) is 5.56 Å². The summed E-state index contributed by atoms with van der Waals surface area (Å²) in [6.45, 7) is 11.4. The van der Waals surface area contributed by atoms with Crippen LogP contribution in [0.3, 0.4) is 0 Å². The standard InChI is InChI=1S/C27H34O6/c1-7-32-25(31)26(3,4)17-18-11-9-13-20(15-18)23(28)21-14-10-12-19(16-21)22(24(29)30)27(5,6)33-8-2/h9-16,22H,7-8,17H2,1-6H3,(H,29,30). The smallest absolute Gasteiger partial charge is 0.313 e. The minimum absolute atomic E-state index is 0.217. The third-order valence-corrected chi connectivity index (χ3v) is 5.60. The Morgan fingerprint density at radius 3 is 2.09 bits per heavy atom. The van der Waals surface area contributed by atoms with E-state index in [0.29, 0.717) is 36.3 Å². The van der Waals surface area contributed by atoms with Crippen LogP contribution in [0.1, 0.15) is 74.5 Å². The zero-order valence-corrected chi connectivity index (χ0v) is 20.3. The SMILES string of the molecule is CCOC(=O)C(C)(C)Cc1cccc(C(=O)c2cccc(C(C(=O)O)C(C)(C)OCC)c2)c1. The van der Waals surface area contributed by atoms with Crippen LogP contribution in [-0.4, -0.2) is 41.6 Å². The van der Waals surface area contributed by atoms with E-state index >= 15 is 0 Å². The first-order valence-electron chi connectivity index (χ1n) is 11.2. The summed E-state index contributed by atoms with van der Waals surface area (Å²) < 4.78 is 10.8. The molecule has 2 aromatic carbocycles. The van der Waals surface area contributed by atoms with E-state index in [9.17, 15) is 19.5 Å². The fraction of sp³-hybridized carbons (Fsp3) is 0.444. The highest BCUT2D eigenvalue weighted by Gasteiger charge is 2.37. The van der Waals surface area contributed by atoms with Crippen LogP contribution in [0.2, 0.25) is 0 Å². The molecule has 0 aromatic heterocycles. The first-order valence-corrected chi connectivity index (χ1v) is 11.2. The largest absolute Gasteiger partial charge is 0.481 e. The minimum atomic E-state index is -1.01. The molecule has 0 heterocycles. The van der Waals surface area contributed by atoms with Gasteiger partial charge in [0.1, 0.15) is 5.92 Å². The van der Waals surface area contributed by atoms with Gasteiger partial charge in [-0.05, 0) is 71.2 Å². The van der Waals surface area contributed by atoms with Crippen LogP contribution in [-0.2, 0) is 25.5 Å². The highest BCUT2D eigenvalue weighted by atomic mass is 16.5. The van der Waals surface area contributed by atoms with Crippen LogP contribution in [0.25, 0.3) is 0 Å². The maximum absolute atomic E-state index is 13.3. The van der Waals surface area contributed by atoms with Crippen LogP contribution in [0, 0.1) is 5.41 Å². The lowest BCUT2D eigenvalue weighted by Crippen LogP contribution is -2.37. The molecule has 2 aromatic rings. The number of carbonyl (C=O) groups excluding carboxylic acids is 2. The number of benzene rings is 2. The number of esters is 1. The second-order valence-electron chi connectivity index (χ2n) is 9.24. The molecule has 0 aliphatic carbocycles. The Hall–Kier alpha value is -2.99. The molecule has 0 spiro atoms. The molecular weight excluding hydrogens is 420 g/mol. The second kappa shape index (κ2) is 10.8. The fourth-order valence-corrected chi connectivity index (χ4v) is 4.05. The normalized spacial score (nSPS) is 12.8. The number of ether oxygens (including phenoxy) is 2. The molecule has 0 fully saturated rings. The molecule has 0 radical (unpaired) electrons. The average molecular weight is 455 g/mol. The van der Waals surface area contributed by atoms with Crippen molar-refractivity contribution in [3.8, 4) is 0 Å². The van der Waals surface area contributed by atoms with E-state index in [-0.39, 0.29) is 11.8 Å². The minimum Gasteiger partial charge on any atom is -0.481 e. The van der Waals surface area contributed by atoms with Crippen LogP contribution < -0.4 is 0 Å². The number of carboxylic acid groups (broad SMARTS) is 1. The molecule has 0 aliphatic heterocycles. The molecule has 0 bridgehead atoms. The third kappa shape index (κ3) is 6.51. The maximum Gasteiger partial charge on any atom is 0.313 e. The summed E-state index contributed by atoms with van der Waals surface area (Å²) in [7, 11) is 0. The van der Waals surface area contributed by atoms with Crippen LogP contribution in [0.5, 0.6) is 0 Å². The zero-order chi connectivity index (χ0) is 24.8. The number of carbonyl (C=O) groups is 3. The number of carboxylic acids is 1. The van der Waals surface area contributed by atoms with Crippen LogP contribution in [0.4, 0.5) is 0 Å². The summed E-state index contributed by atoms with van der Waals surface area (Å²) in [5.41, 5.74) is 0.549. The predicted octanol–water partition coefficient (Wildman–Crippen LogP) is 5.03. The fourth-order valence-electron chi connectivity index (χ4n) is 4.05. The van der Waals surface area contributed by atoms with Crippen molar-refractivity contribution < 1.29 is 29.0 Å². The van der Waals surface area contributed by atoms with Gasteiger partial charge in [-0.2, -0.15) is 0 Å².